The van der Waals surface area contributed by atoms with Crippen LogP contribution in [0, 0.1) is 5.92 Å². The van der Waals surface area contributed by atoms with Crippen LogP contribution >= 0.6 is 35.7 Å². The third kappa shape index (κ3) is 8.26. The highest BCUT2D eigenvalue weighted by atomic mass is 127. The zero-order valence-electron chi connectivity index (χ0n) is 18.1. The van der Waals surface area contributed by atoms with E-state index in [1.165, 1.54) is 11.3 Å². The number of likely N-dealkylation sites (tertiary alicyclic amines) is 1. The Hall–Kier alpha value is -1.000. The minimum atomic E-state index is 0. The number of amides is 1. The molecule has 30 heavy (non-hydrogen) atoms. The highest BCUT2D eigenvalue weighted by Gasteiger charge is 2.26. The number of benzene rings is 1. The molecule has 168 valence electrons. The van der Waals surface area contributed by atoms with Gasteiger partial charge in [0.2, 0.25) is 5.91 Å². The van der Waals surface area contributed by atoms with Crippen molar-refractivity contribution in [2.75, 3.05) is 52.6 Å². The van der Waals surface area contributed by atoms with E-state index in [2.05, 4.69) is 45.5 Å². The van der Waals surface area contributed by atoms with Gasteiger partial charge in [0.25, 0.3) is 0 Å². The number of hydrogen-bond donors (Lipinski definition) is 1. The summed E-state index contributed by atoms with van der Waals surface area (Å²) in [6.07, 6.45) is 4.86. The molecule has 2 aliphatic heterocycles. The highest BCUT2D eigenvalue weighted by Crippen LogP contribution is 2.26. The molecule has 8 heteroatoms. The third-order valence-corrected chi connectivity index (χ3v) is 6.68. The number of ether oxygens (including phenoxy) is 1. The van der Waals surface area contributed by atoms with Crippen molar-refractivity contribution in [3.05, 3.63) is 30.3 Å². The highest BCUT2D eigenvalue weighted by molar-refractivity contribution is 14.0. The Labute approximate surface area is 202 Å². The van der Waals surface area contributed by atoms with Gasteiger partial charge in [-0.25, -0.2) is 4.99 Å². The summed E-state index contributed by atoms with van der Waals surface area (Å²) in [5.74, 6) is 2.61. The number of nitrogens with zero attached hydrogens (tertiary/aromatic N) is 3. The number of guanidine groups is 1. The average Bonchev–Trinajstić information content (AvgIpc) is 3.22. The summed E-state index contributed by atoms with van der Waals surface area (Å²) in [5, 5.41) is 3.49. The van der Waals surface area contributed by atoms with Crippen molar-refractivity contribution < 1.29 is 9.53 Å². The Morgan fingerprint density at radius 3 is 2.77 bits per heavy atom. The summed E-state index contributed by atoms with van der Waals surface area (Å²) in [6, 6.07) is 10.6. The summed E-state index contributed by atoms with van der Waals surface area (Å²) >= 11 is 1.92. The lowest BCUT2D eigenvalue weighted by Crippen LogP contribution is -2.45. The zero-order chi connectivity index (χ0) is 20.5. The maximum atomic E-state index is 12.0. The molecular formula is C22H35IN4O2S. The van der Waals surface area contributed by atoms with E-state index in [4.69, 9.17) is 4.74 Å². The van der Waals surface area contributed by atoms with Crippen molar-refractivity contribution in [1.82, 2.24) is 15.1 Å². The van der Waals surface area contributed by atoms with Gasteiger partial charge in [-0.05, 0) is 43.7 Å². The maximum Gasteiger partial charge on any atom is 0.243 e. The topological polar surface area (TPSA) is 57.2 Å². The van der Waals surface area contributed by atoms with Crippen LogP contribution in [0.4, 0.5) is 0 Å². The van der Waals surface area contributed by atoms with Crippen LogP contribution in [0.5, 0.6) is 0 Å². The van der Waals surface area contributed by atoms with Gasteiger partial charge in [-0.3, -0.25) is 4.79 Å². The SMILES string of the molecule is CN(C)C(=O)CN=C(NCC1CCCCO1)N1CCC(CSc2ccccc2)C1.I. The molecule has 6 nitrogen and oxygen atoms in total. The third-order valence-electron chi connectivity index (χ3n) is 5.44. The predicted molar refractivity (Wildman–Crippen MR) is 135 cm³/mol. The molecule has 0 aliphatic carbocycles. The van der Waals surface area contributed by atoms with E-state index < -0.39 is 0 Å². The average molecular weight is 547 g/mol. The largest absolute Gasteiger partial charge is 0.376 e. The van der Waals surface area contributed by atoms with Crippen LogP contribution in [-0.2, 0) is 9.53 Å². The molecule has 1 amide bonds. The molecule has 2 atom stereocenters. The summed E-state index contributed by atoms with van der Waals surface area (Å²) in [4.78, 5) is 21.9. The number of thioether (sulfide) groups is 1. The van der Waals surface area contributed by atoms with Crippen molar-refractivity contribution in [1.29, 1.82) is 0 Å². The van der Waals surface area contributed by atoms with Gasteiger partial charge in [0, 0.05) is 51.0 Å². The van der Waals surface area contributed by atoms with E-state index in [1.807, 2.05) is 11.8 Å². The molecule has 0 spiro atoms. The van der Waals surface area contributed by atoms with Crippen molar-refractivity contribution in [2.24, 2.45) is 10.9 Å². The van der Waals surface area contributed by atoms with Crippen LogP contribution < -0.4 is 5.32 Å². The van der Waals surface area contributed by atoms with Crippen molar-refractivity contribution in [2.45, 2.75) is 36.7 Å². The molecule has 0 bridgehead atoms. The lowest BCUT2D eigenvalue weighted by molar-refractivity contribution is -0.127. The van der Waals surface area contributed by atoms with Crippen LogP contribution in [0.3, 0.4) is 0 Å². The Morgan fingerprint density at radius 2 is 2.07 bits per heavy atom. The minimum absolute atomic E-state index is 0. The fourth-order valence-corrected chi connectivity index (χ4v) is 4.67. The van der Waals surface area contributed by atoms with Gasteiger partial charge in [-0.1, -0.05) is 18.2 Å². The lowest BCUT2D eigenvalue weighted by atomic mass is 10.1. The normalized spacial score (nSPS) is 21.8. The molecule has 0 aromatic heterocycles. The number of aliphatic imine (C=N–C) groups is 1. The first kappa shape index (κ1) is 25.3. The maximum absolute atomic E-state index is 12.0. The molecule has 1 N–H and O–H groups in total. The van der Waals surface area contributed by atoms with Gasteiger partial charge < -0.3 is 19.9 Å². The zero-order valence-corrected chi connectivity index (χ0v) is 21.2. The van der Waals surface area contributed by atoms with Crippen LogP contribution in [0.2, 0.25) is 0 Å². The van der Waals surface area contributed by atoms with Gasteiger partial charge >= 0.3 is 0 Å². The summed E-state index contributed by atoms with van der Waals surface area (Å²) < 4.78 is 5.85. The predicted octanol–water partition coefficient (Wildman–Crippen LogP) is 3.32. The van der Waals surface area contributed by atoms with Gasteiger partial charge in [0.15, 0.2) is 5.96 Å². The Bertz CT molecular complexity index is 668. The number of likely N-dealkylation sites (N-methyl/N-ethyl adjacent to an activating group) is 1. The van der Waals surface area contributed by atoms with Crippen LogP contribution in [0.1, 0.15) is 25.7 Å². The molecule has 0 radical (unpaired) electrons. The minimum Gasteiger partial charge on any atom is -0.376 e. The fraction of sp³-hybridized carbons (Fsp3) is 0.636. The van der Waals surface area contributed by atoms with Crippen molar-refractivity contribution in [3.63, 3.8) is 0 Å². The van der Waals surface area contributed by atoms with E-state index in [0.717, 1.165) is 57.2 Å². The first-order valence-corrected chi connectivity index (χ1v) is 11.6. The van der Waals surface area contributed by atoms with Gasteiger partial charge in [0.1, 0.15) is 6.54 Å². The Morgan fingerprint density at radius 1 is 1.27 bits per heavy atom. The molecule has 2 fully saturated rings. The van der Waals surface area contributed by atoms with Crippen molar-refractivity contribution >= 4 is 47.6 Å². The van der Waals surface area contributed by atoms with E-state index in [9.17, 15) is 4.79 Å². The Kier molecular flexibility index (Phi) is 11.3. The molecule has 1 aromatic rings. The molecule has 2 unspecified atom stereocenters. The first-order valence-electron chi connectivity index (χ1n) is 10.6. The molecular weight excluding hydrogens is 511 g/mol. The van der Waals surface area contributed by atoms with Crippen LogP contribution in [0.25, 0.3) is 0 Å². The molecule has 2 heterocycles. The van der Waals surface area contributed by atoms with Gasteiger partial charge in [0.05, 0.1) is 6.10 Å². The standard InChI is InChI=1S/C22H34N4O2S.HI/c1-25(2)21(27)15-24-22(23-14-19-8-6-7-13-28-19)26-12-11-18(16-26)17-29-20-9-4-3-5-10-20;/h3-5,9-10,18-19H,6-8,11-17H2,1-2H3,(H,23,24);1H. The molecule has 0 saturated carbocycles. The molecule has 2 saturated heterocycles. The summed E-state index contributed by atoms with van der Waals surface area (Å²) in [5.41, 5.74) is 0. The fourth-order valence-electron chi connectivity index (χ4n) is 3.62. The number of rotatable bonds is 7. The number of carbonyl (C=O) groups is 1. The smallest absolute Gasteiger partial charge is 0.243 e. The molecule has 1 aromatic carbocycles. The molecule has 3 rings (SSSR count). The van der Waals surface area contributed by atoms with E-state index in [-0.39, 0.29) is 42.5 Å². The van der Waals surface area contributed by atoms with Gasteiger partial charge in [-0.15, -0.1) is 35.7 Å². The summed E-state index contributed by atoms with van der Waals surface area (Å²) in [7, 11) is 3.54. The quantitative estimate of drug-likeness (QED) is 0.246. The van der Waals surface area contributed by atoms with Crippen molar-refractivity contribution in [3.8, 4) is 0 Å². The second-order valence-electron chi connectivity index (χ2n) is 8.02. The number of nitrogens with one attached hydrogen (secondary N) is 1. The number of carbonyl (C=O) groups excluding carboxylic acids is 1. The Balaban J connectivity index is 0.00000320. The van der Waals surface area contributed by atoms with E-state index >= 15 is 0 Å². The second-order valence-corrected chi connectivity index (χ2v) is 9.12. The molecule has 2 aliphatic rings. The van der Waals surface area contributed by atoms with Crippen LogP contribution in [0.15, 0.2) is 40.2 Å². The second kappa shape index (κ2) is 13.4. The van der Waals surface area contributed by atoms with Crippen LogP contribution in [-0.4, -0.2) is 80.4 Å². The lowest BCUT2D eigenvalue weighted by Gasteiger charge is -2.27. The summed E-state index contributed by atoms with van der Waals surface area (Å²) in [6.45, 7) is 3.75. The number of halogens is 1. The number of hydrogen-bond acceptors (Lipinski definition) is 4. The first-order chi connectivity index (χ1) is 14.1. The van der Waals surface area contributed by atoms with E-state index in [0.29, 0.717) is 5.92 Å². The van der Waals surface area contributed by atoms with Gasteiger partial charge in [-0.2, -0.15) is 0 Å². The van der Waals surface area contributed by atoms with E-state index in [1.54, 1.807) is 19.0 Å². The monoisotopic (exact) mass is 546 g/mol.